The molecular weight excluding hydrogens is 326 g/mol. The maximum absolute atomic E-state index is 13.2. The van der Waals surface area contributed by atoms with Crippen LogP contribution >= 0.6 is 0 Å². The van der Waals surface area contributed by atoms with Crippen LogP contribution in [0.2, 0.25) is 0 Å². The topological polar surface area (TPSA) is 68.0 Å². The first-order chi connectivity index (χ1) is 12.2. The van der Waals surface area contributed by atoms with Crippen molar-refractivity contribution < 1.29 is 9.32 Å². The molecule has 0 radical (unpaired) electrons. The standard InChI is InChI=1S/C21H25N3O2/c1-20(2,3)18-17-15(12-7-6-8-22-11-12)16-13(23-19(17)26-24-18)9-21(4,5)10-14(16)25/h6-8,11,15,23H,9-10H2,1-5H3/t15-/m1/s1. The molecule has 4 rings (SSSR count). The lowest BCUT2D eigenvalue weighted by molar-refractivity contribution is -0.118. The molecule has 0 fully saturated rings. The Labute approximate surface area is 153 Å². The fraction of sp³-hybridized carbons (Fsp3) is 0.476. The highest BCUT2D eigenvalue weighted by atomic mass is 16.5. The number of fused-ring (bicyclic) bond motifs is 1. The van der Waals surface area contributed by atoms with Crippen LogP contribution in [0, 0.1) is 5.41 Å². The quantitative estimate of drug-likeness (QED) is 0.815. The summed E-state index contributed by atoms with van der Waals surface area (Å²) in [6.07, 6.45) is 4.97. The average Bonchev–Trinajstić information content (AvgIpc) is 2.96. The molecule has 2 aromatic rings. The molecule has 0 bridgehead atoms. The van der Waals surface area contributed by atoms with Gasteiger partial charge in [0.2, 0.25) is 5.88 Å². The Morgan fingerprint density at radius 3 is 2.69 bits per heavy atom. The highest BCUT2D eigenvalue weighted by molar-refractivity contribution is 6.01. The van der Waals surface area contributed by atoms with Crippen molar-refractivity contribution in [3.63, 3.8) is 0 Å². The third kappa shape index (κ3) is 2.66. The maximum atomic E-state index is 13.2. The van der Waals surface area contributed by atoms with Crippen LogP contribution in [0.4, 0.5) is 5.88 Å². The molecule has 0 aromatic carbocycles. The van der Waals surface area contributed by atoms with E-state index in [-0.39, 0.29) is 22.5 Å². The molecule has 1 aliphatic carbocycles. The number of allylic oxidation sites excluding steroid dienone is 2. The first kappa shape index (κ1) is 17.0. The predicted octanol–water partition coefficient (Wildman–Crippen LogP) is 4.57. The zero-order valence-corrected chi connectivity index (χ0v) is 16.0. The molecule has 3 heterocycles. The number of nitrogens with one attached hydrogen (secondary N) is 1. The predicted molar refractivity (Wildman–Crippen MR) is 100.0 cm³/mol. The SMILES string of the molecule is CC1(C)CC(=O)C2=C(C1)Nc1onc(C(C)(C)C)c1[C@@H]2c1cccnc1. The summed E-state index contributed by atoms with van der Waals surface area (Å²) in [6, 6.07) is 3.95. The van der Waals surface area contributed by atoms with Crippen LogP contribution in [-0.4, -0.2) is 15.9 Å². The van der Waals surface area contributed by atoms with Gasteiger partial charge in [0, 0.05) is 41.4 Å². The van der Waals surface area contributed by atoms with E-state index >= 15 is 0 Å². The van der Waals surface area contributed by atoms with Crippen LogP contribution in [0.3, 0.4) is 0 Å². The molecule has 0 unspecified atom stereocenters. The number of pyridine rings is 1. The second-order valence-electron chi connectivity index (χ2n) is 9.20. The number of carbonyl (C=O) groups excluding carboxylic acids is 1. The molecule has 1 atom stereocenters. The van der Waals surface area contributed by atoms with Crippen molar-refractivity contribution in [2.75, 3.05) is 5.32 Å². The third-order valence-corrected chi connectivity index (χ3v) is 5.22. The zero-order chi connectivity index (χ0) is 18.7. The monoisotopic (exact) mass is 351 g/mol. The molecule has 5 heteroatoms. The Balaban J connectivity index is 1.96. The largest absolute Gasteiger partial charge is 0.338 e. The highest BCUT2D eigenvalue weighted by Gasteiger charge is 2.44. The van der Waals surface area contributed by atoms with E-state index in [1.54, 1.807) is 6.20 Å². The van der Waals surface area contributed by atoms with Crippen LogP contribution in [0.15, 0.2) is 40.3 Å². The minimum Gasteiger partial charge on any atom is -0.338 e. The minimum atomic E-state index is -0.186. The van der Waals surface area contributed by atoms with Crippen LogP contribution in [0.5, 0.6) is 0 Å². The van der Waals surface area contributed by atoms with E-state index in [1.807, 2.05) is 18.3 Å². The molecule has 5 nitrogen and oxygen atoms in total. The first-order valence-electron chi connectivity index (χ1n) is 9.11. The molecule has 0 saturated carbocycles. The Morgan fingerprint density at radius 2 is 2.04 bits per heavy atom. The van der Waals surface area contributed by atoms with Gasteiger partial charge in [0.15, 0.2) is 5.78 Å². The molecule has 26 heavy (non-hydrogen) atoms. The summed E-state index contributed by atoms with van der Waals surface area (Å²) >= 11 is 0. The molecular formula is C21H25N3O2. The van der Waals surface area contributed by atoms with Crippen molar-refractivity contribution in [2.24, 2.45) is 5.41 Å². The third-order valence-electron chi connectivity index (χ3n) is 5.22. The summed E-state index contributed by atoms with van der Waals surface area (Å²) in [4.78, 5) is 17.4. The molecule has 1 aliphatic heterocycles. The maximum Gasteiger partial charge on any atom is 0.233 e. The van der Waals surface area contributed by atoms with Crippen LogP contribution in [-0.2, 0) is 10.2 Å². The number of hydrogen-bond donors (Lipinski definition) is 1. The van der Waals surface area contributed by atoms with Gasteiger partial charge >= 0.3 is 0 Å². The highest BCUT2D eigenvalue weighted by Crippen LogP contribution is 2.51. The van der Waals surface area contributed by atoms with E-state index in [2.05, 4.69) is 50.1 Å². The minimum absolute atomic E-state index is 0.0627. The second-order valence-corrected chi connectivity index (χ2v) is 9.20. The van der Waals surface area contributed by atoms with Gasteiger partial charge < -0.3 is 9.84 Å². The van der Waals surface area contributed by atoms with Gasteiger partial charge in [-0.1, -0.05) is 45.8 Å². The molecule has 2 aromatic heterocycles. The van der Waals surface area contributed by atoms with Crippen molar-refractivity contribution in [1.29, 1.82) is 0 Å². The summed E-state index contributed by atoms with van der Waals surface area (Å²) in [5.41, 5.74) is 4.42. The van der Waals surface area contributed by atoms with E-state index in [4.69, 9.17) is 4.52 Å². The van der Waals surface area contributed by atoms with E-state index in [0.717, 1.165) is 34.5 Å². The van der Waals surface area contributed by atoms with Crippen molar-refractivity contribution in [1.82, 2.24) is 10.1 Å². The van der Waals surface area contributed by atoms with Gasteiger partial charge in [0.05, 0.1) is 11.3 Å². The number of anilines is 1. The average molecular weight is 351 g/mol. The Morgan fingerprint density at radius 1 is 1.27 bits per heavy atom. The summed E-state index contributed by atoms with van der Waals surface area (Å²) in [6.45, 7) is 10.6. The lowest BCUT2D eigenvalue weighted by Gasteiger charge is -2.38. The van der Waals surface area contributed by atoms with Gasteiger partial charge in [-0.2, -0.15) is 0 Å². The fourth-order valence-corrected chi connectivity index (χ4v) is 4.14. The first-order valence-corrected chi connectivity index (χ1v) is 9.11. The van der Waals surface area contributed by atoms with Gasteiger partial charge in [0.1, 0.15) is 0 Å². The van der Waals surface area contributed by atoms with Gasteiger partial charge in [-0.05, 0) is 23.5 Å². The lowest BCUT2D eigenvalue weighted by Crippen LogP contribution is -2.34. The molecule has 0 amide bonds. The Hall–Kier alpha value is -2.43. The van der Waals surface area contributed by atoms with Crippen molar-refractivity contribution in [2.45, 2.75) is 58.8 Å². The van der Waals surface area contributed by atoms with Crippen LogP contribution < -0.4 is 5.32 Å². The molecule has 0 saturated heterocycles. The second kappa shape index (κ2) is 5.53. The van der Waals surface area contributed by atoms with Crippen LogP contribution in [0.25, 0.3) is 0 Å². The zero-order valence-electron chi connectivity index (χ0n) is 16.0. The van der Waals surface area contributed by atoms with Crippen molar-refractivity contribution in [3.05, 3.63) is 52.6 Å². The number of ketones is 1. The Kier molecular flexibility index (Phi) is 3.62. The smallest absolute Gasteiger partial charge is 0.233 e. The summed E-state index contributed by atoms with van der Waals surface area (Å²) in [5, 5.41) is 7.75. The van der Waals surface area contributed by atoms with Gasteiger partial charge in [-0.25, -0.2) is 0 Å². The van der Waals surface area contributed by atoms with E-state index in [9.17, 15) is 4.79 Å². The van der Waals surface area contributed by atoms with Gasteiger partial charge in [-0.3, -0.25) is 9.78 Å². The van der Waals surface area contributed by atoms with Crippen molar-refractivity contribution >= 4 is 11.7 Å². The molecule has 2 aliphatic rings. The van der Waals surface area contributed by atoms with Crippen LogP contribution in [0.1, 0.15) is 70.2 Å². The van der Waals surface area contributed by atoms with E-state index in [1.165, 1.54) is 0 Å². The fourth-order valence-electron chi connectivity index (χ4n) is 4.14. The number of nitrogens with zero attached hydrogens (tertiary/aromatic N) is 2. The summed E-state index contributed by atoms with van der Waals surface area (Å²) in [5.74, 6) is 0.677. The number of rotatable bonds is 1. The number of hydrogen-bond acceptors (Lipinski definition) is 5. The van der Waals surface area contributed by atoms with Gasteiger partial charge in [0.25, 0.3) is 0 Å². The number of aromatic nitrogens is 2. The molecule has 1 N–H and O–H groups in total. The molecule has 136 valence electrons. The normalized spacial score (nSPS) is 21.9. The number of carbonyl (C=O) groups is 1. The summed E-state index contributed by atoms with van der Waals surface area (Å²) < 4.78 is 5.69. The van der Waals surface area contributed by atoms with E-state index < -0.39 is 0 Å². The van der Waals surface area contributed by atoms with Crippen molar-refractivity contribution in [3.8, 4) is 0 Å². The van der Waals surface area contributed by atoms with E-state index in [0.29, 0.717) is 12.3 Å². The van der Waals surface area contributed by atoms with Gasteiger partial charge in [-0.15, -0.1) is 0 Å². The Bertz CT molecular complexity index is 901. The molecule has 0 spiro atoms. The summed E-state index contributed by atoms with van der Waals surface area (Å²) in [7, 11) is 0. The lowest BCUT2D eigenvalue weighted by atomic mass is 9.68. The number of Topliss-reactive ketones (excluding diaryl/α,β-unsaturated/α-hetero) is 1.